The van der Waals surface area contributed by atoms with Crippen molar-refractivity contribution in [1.82, 2.24) is 5.32 Å². The van der Waals surface area contributed by atoms with Crippen LogP contribution in [0.2, 0.25) is 0 Å². The molecular weight excluding hydrogens is 218 g/mol. The molecule has 3 rings (SSSR count). The third kappa shape index (κ3) is 1.85. The Bertz CT molecular complexity index is 317. The van der Waals surface area contributed by atoms with E-state index in [0.717, 1.165) is 23.9 Å². The number of nitrogens with one attached hydrogen (secondary N) is 1. The highest BCUT2D eigenvalue weighted by Crippen LogP contribution is 2.62. The highest BCUT2D eigenvalue weighted by atomic mass is 15.0. The van der Waals surface area contributed by atoms with E-state index >= 15 is 0 Å². The first-order chi connectivity index (χ1) is 8.43. The largest absolute Gasteiger partial charge is 0.310 e. The second-order valence-electron chi connectivity index (χ2n) is 8.38. The second kappa shape index (κ2) is 4.23. The predicted molar refractivity (Wildman–Crippen MR) is 77.6 cm³/mol. The van der Waals surface area contributed by atoms with Crippen LogP contribution in [0.1, 0.15) is 72.6 Å². The first-order valence-electron chi connectivity index (χ1n) is 8.19. The van der Waals surface area contributed by atoms with Gasteiger partial charge in [-0.3, -0.25) is 0 Å². The maximum atomic E-state index is 4.13. The van der Waals surface area contributed by atoms with Crippen LogP contribution < -0.4 is 5.32 Å². The zero-order valence-electron chi connectivity index (χ0n) is 12.8. The van der Waals surface area contributed by atoms with Crippen molar-refractivity contribution in [3.63, 3.8) is 0 Å². The van der Waals surface area contributed by atoms with Gasteiger partial charge in [0.15, 0.2) is 0 Å². The summed E-state index contributed by atoms with van der Waals surface area (Å²) in [6, 6.07) is 1.55. The number of rotatable bonds is 2. The first-order valence-corrected chi connectivity index (χ1v) is 8.19. The van der Waals surface area contributed by atoms with E-state index in [4.69, 9.17) is 0 Å². The van der Waals surface area contributed by atoms with Gasteiger partial charge in [-0.2, -0.15) is 0 Å². The SMILES string of the molecule is CC1CCCCC1NC1C(C)(C)[C@H]2CC[C@]1(C)C2. The van der Waals surface area contributed by atoms with Crippen molar-refractivity contribution in [2.45, 2.75) is 84.7 Å². The van der Waals surface area contributed by atoms with Gasteiger partial charge >= 0.3 is 0 Å². The minimum atomic E-state index is 0.518. The topological polar surface area (TPSA) is 12.0 Å². The third-order valence-electron chi connectivity index (χ3n) is 6.76. The molecule has 5 atom stereocenters. The Kier molecular flexibility index (Phi) is 3.05. The Morgan fingerprint density at radius 2 is 1.72 bits per heavy atom. The smallest absolute Gasteiger partial charge is 0.0177 e. The molecule has 1 heteroatoms. The van der Waals surface area contributed by atoms with E-state index in [1.54, 1.807) is 0 Å². The lowest BCUT2D eigenvalue weighted by molar-refractivity contribution is 0.0828. The van der Waals surface area contributed by atoms with Gasteiger partial charge < -0.3 is 5.32 Å². The molecule has 3 aliphatic carbocycles. The van der Waals surface area contributed by atoms with Gasteiger partial charge in [0.05, 0.1) is 0 Å². The molecule has 3 fully saturated rings. The lowest BCUT2D eigenvalue weighted by Gasteiger charge is -2.46. The molecule has 0 heterocycles. The highest BCUT2D eigenvalue weighted by molar-refractivity contribution is 5.12. The van der Waals surface area contributed by atoms with Gasteiger partial charge in [-0.1, -0.05) is 40.5 Å². The maximum Gasteiger partial charge on any atom is 0.0177 e. The number of fused-ring (bicyclic) bond motifs is 2. The van der Waals surface area contributed by atoms with E-state index in [2.05, 4.69) is 33.0 Å². The molecule has 0 aliphatic heterocycles. The molecule has 0 aromatic rings. The summed E-state index contributed by atoms with van der Waals surface area (Å²) in [6.07, 6.45) is 10.1. The van der Waals surface area contributed by atoms with Crippen molar-refractivity contribution in [2.75, 3.05) is 0 Å². The summed E-state index contributed by atoms with van der Waals surface area (Å²) >= 11 is 0. The molecule has 1 N–H and O–H groups in total. The fraction of sp³-hybridized carbons (Fsp3) is 1.00. The minimum Gasteiger partial charge on any atom is -0.310 e. The van der Waals surface area contributed by atoms with Crippen molar-refractivity contribution in [1.29, 1.82) is 0 Å². The van der Waals surface area contributed by atoms with Gasteiger partial charge in [-0.25, -0.2) is 0 Å². The molecule has 0 amide bonds. The van der Waals surface area contributed by atoms with Crippen LogP contribution in [0, 0.1) is 22.7 Å². The predicted octanol–water partition coefficient (Wildman–Crippen LogP) is 4.37. The zero-order valence-corrected chi connectivity index (χ0v) is 12.8. The van der Waals surface area contributed by atoms with Gasteiger partial charge in [0.2, 0.25) is 0 Å². The van der Waals surface area contributed by atoms with E-state index in [9.17, 15) is 0 Å². The fourth-order valence-corrected chi connectivity index (χ4v) is 5.50. The number of hydrogen-bond acceptors (Lipinski definition) is 1. The van der Waals surface area contributed by atoms with Crippen LogP contribution in [0.25, 0.3) is 0 Å². The summed E-state index contributed by atoms with van der Waals surface area (Å²) in [6.45, 7) is 10.0. The van der Waals surface area contributed by atoms with Gasteiger partial charge in [0, 0.05) is 12.1 Å². The Morgan fingerprint density at radius 3 is 2.33 bits per heavy atom. The highest BCUT2D eigenvalue weighted by Gasteiger charge is 2.59. The normalized spacial score (nSPS) is 50.7. The zero-order chi connectivity index (χ0) is 13.0. The van der Waals surface area contributed by atoms with E-state index in [0.29, 0.717) is 10.8 Å². The second-order valence-corrected chi connectivity index (χ2v) is 8.38. The molecule has 0 aromatic heterocycles. The van der Waals surface area contributed by atoms with Crippen molar-refractivity contribution < 1.29 is 0 Å². The molecule has 0 aromatic carbocycles. The fourth-order valence-electron chi connectivity index (χ4n) is 5.50. The number of hydrogen-bond donors (Lipinski definition) is 1. The van der Waals surface area contributed by atoms with Crippen LogP contribution in [0.3, 0.4) is 0 Å². The molecule has 104 valence electrons. The Hall–Kier alpha value is -0.0400. The van der Waals surface area contributed by atoms with Gasteiger partial charge in [0.25, 0.3) is 0 Å². The summed E-state index contributed by atoms with van der Waals surface area (Å²) in [4.78, 5) is 0. The van der Waals surface area contributed by atoms with E-state index in [-0.39, 0.29) is 0 Å². The molecule has 0 spiro atoms. The standard InChI is InChI=1S/C17H31N/c1-12-7-5-6-8-14(12)18-15-16(2,3)13-9-10-17(15,4)11-13/h12-15,18H,5-11H2,1-4H3/t12?,13-,14?,15?,17+/m0/s1. The Balaban J connectivity index is 1.75. The first kappa shape index (κ1) is 13.0. The molecule has 2 bridgehead atoms. The molecule has 3 saturated carbocycles. The van der Waals surface area contributed by atoms with Crippen LogP contribution >= 0.6 is 0 Å². The van der Waals surface area contributed by atoms with Crippen molar-refractivity contribution in [3.05, 3.63) is 0 Å². The Labute approximate surface area is 113 Å². The van der Waals surface area contributed by atoms with E-state index in [1.165, 1.54) is 44.9 Å². The minimum absolute atomic E-state index is 0.518. The molecule has 1 nitrogen and oxygen atoms in total. The summed E-state index contributed by atoms with van der Waals surface area (Å²) in [5.41, 5.74) is 1.11. The average molecular weight is 249 g/mol. The van der Waals surface area contributed by atoms with Crippen LogP contribution in [0.4, 0.5) is 0 Å². The van der Waals surface area contributed by atoms with Crippen molar-refractivity contribution in [3.8, 4) is 0 Å². The van der Waals surface area contributed by atoms with Crippen molar-refractivity contribution >= 4 is 0 Å². The molecule has 3 aliphatic rings. The Morgan fingerprint density at radius 1 is 1.00 bits per heavy atom. The quantitative estimate of drug-likeness (QED) is 0.766. The van der Waals surface area contributed by atoms with Gasteiger partial charge in [-0.05, 0) is 54.8 Å². The van der Waals surface area contributed by atoms with Crippen LogP contribution in [-0.2, 0) is 0 Å². The molecule has 3 unspecified atom stereocenters. The summed E-state index contributed by atoms with van der Waals surface area (Å²) in [7, 11) is 0. The van der Waals surface area contributed by atoms with E-state index in [1.807, 2.05) is 0 Å². The maximum absolute atomic E-state index is 4.13. The van der Waals surface area contributed by atoms with Crippen molar-refractivity contribution in [2.24, 2.45) is 22.7 Å². The van der Waals surface area contributed by atoms with Crippen LogP contribution in [-0.4, -0.2) is 12.1 Å². The monoisotopic (exact) mass is 249 g/mol. The lowest BCUT2D eigenvalue weighted by Crippen LogP contribution is -2.55. The average Bonchev–Trinajstić information content (AvgIpc) is 2.78. The summed E-state index contributed by atoms with van der Waals surface area (Å²) < 4.78 is 0. The van der Waals surface area contributed by atoms with E-state index < -0.39 is 0 Å². The van der Waals surface area contributed by atoms with Gasteiger partial charge in [0.1, 0.15) is 0 Å². The molecular formula is C17H31N. The molecule has 0 radical (unpaired) electrons. The summed E-state index contributed by atoms with van der Waals surface area (Å²) in [5.74, 6) is 1.86. The van der Waals surface area contributed by atoms with Crippen LogP contribution in [0.15, 0.2) is 0 Å². The molecule has 0 saturated heterocycles. The third-order valence-corrected chi connectivity index (χ3v) is 6.76. The van der Waals surface area contributed by atoms with Gasteiger partial charge in [-0.15, -0.1) is 0 Å². The molecule has 18 heavy (non-hydrogen) atoms. The van der Waals surface area contributed by atoms with Crippen LogP contribution in [0.5, 0.6) is 0 Å². The summed E-state index contributed by atoms with van der Waals surface area (Å²) in [5, 5.41) is 4.13. The lowest BCUT2D eigenvalue weighted by atomic mass is 9.67.